The molecule has 0 saturated carbocycles. The lowest BCUT2D eigenvalue weighted by molar-refractivity contribution is -0.149. The van der Waals surface area contributed by atoms with E-state index in [9.17, 15) is 18.0 Å². The number of carbonyl (C=O) groups excluding carboxylic acids is 2. The number of nitrogens with zero attached hydrogens (tertiary/aromatic N) is 1. The third-order valence-corrected chi connectivity index (χ3v) is 7.09. The van der Waals surface area contributed by atoms with Crippen LogP contribution in [0.2, 0.25) is 5.02 Å². The van der Waals surface area contributed by atoms with Gasteiger partial charge >= 0.3 is 5.97 Å². The molecule has 2 aromatic rings. The molecule has 1 aliphatic heterocycles. The molecule has 0 aliphatic carbocycles. The largest absolute Gasteiger partial charge is 0.479 e. The fraction of sp³-hybridized carbons (Fsp3) is 0.364. The van der Waals surface area contributed by atoms with E-state index in [1.54, 1.807) is 50.2 Å². The van der Waals surface area contributed by atoms with Crippen molar-refractivity contribution in [2.45, 2.75) is 33.3 Å². The number of aryl methyl sites for hydroxylation is 1. The van der Waals surface area contributed by atoms with Crippen LogP contribution in [-0.2, 0) is 26.0 Å². The number of hydrogen-bond acceptors (Lipinski definition) is 6. The summed E-state index contributed by atoms with van der Waals surface area (Å²) in [6.07, 6.45) is -0.374. The Morgan fingerprint density at radius 2 is 1.94 bits per heavy atom. The monoisotopic (exact) mass is 465 g/mol. The molecule has 0 N–H and O–H groups in total. The normalized spacial score (nSPS) is 14.1. The number of ketones is 1. The standard InChI is InChI=1S/C22H24ClNO6S/c1-4-31(27,28)24-10-9-16-12-17(5-7-19(16)24)20(25)13-29-22(26)15(3)30-21-8-6-18(23)11-14(21)2/h5-8,11-12,15H,4,9-10,13H2,1-3H3. The number of carbonyl (C=O) groups is 2. The fourth-order valence-corrected chi connectivity index (χ4v) is 4.70. The molecule has 0 spiro atoms. The fourth-order valence-electron chi connectivity index (χ4n) is 3.31. The van der Waals surface area contributed by atoms with Crippen molar-refractivity contribution in [1.29, 1.82) is 0 Å². The third kappa shape index (κ3) is 5.19. The Kier molecular flexibility index (Phi) is 6.91. The number of hydrogen-bond donors (Lipinski definition) is 0. The second kappa shape index (κ2) is 9.28. The molecule has 3 rings (SSSR count). The molecule has 166 valence electrons. The molecule has 0 amide bonds. The van der Waals surface area contributed by atoms with E-state index in [2.05, 4.69) is 0 Å². The zero-order chi connectivity index (χ0) is 22.8. The van der Waals surface area contributed by atoms with Crippen molar-refractivity contribution in [3.8, 4) is 5.75 Å². The van der Waals surface area contributed by atoms with Crippen LogP contribution in [0.4, 0.5) is 5.69 Å². The Hall–Kier alpha value is -2.58. The average molecular weight is 466 g/mol. The molecule has 0 radical (unpaired) electrons. The summed E-state index contributed by atoms with van der Waals surface area (Å²) < 4.78 is 36.5. The quantitative estimate of drug-likeness (QED) is 0.437. The van der Waals surface area contributed by atoms with Gasteiger partial charge in [-0.15, -0.1) is 0 Å². The molecule has 1 unspecified atom stereocenters. The number of sulfonamides is 1. The summed E-state index contributed by atoms with van der Waals surface area (Å²) in [5, 5.41) is 0.565. The summed E-state index contributed by atoms with van der Waals surface area (Å²) in [6, 6.07) is 9.88. The zero-order valence-corrected chi connectivity index (χ0v) is 19.1. The van der Waals surface area contributed by atoms with Crippen molar-refractivity contribution in [1.82, 2.24) is 0 Å². The summed E-state index contributed by atoms with van der Waals surface area (Å²) in [6.45, 7) is 4.88. The van der Waals surface area contributed by atoms with Gasteiger partial charge in [0, 0.05) is 17.1 Å². The van der Waals surface area contributed by atoms with Gasteiger partial charge < -0.3 is 9.47 Å². The smallest absolute Gasteiger partial charge is 0.347 e. The van der Waals surface area contributed by atoms with Crippen LogP contribution in [-0.4, -0.2) is 45.2 Å². The van der Waals surface area contributed by atoms with Crippen LogP contribution in [0.1, 0.15) is 35.3 Å². The molecule has 0 aromatic heterocycles. The van der Waals surface area contributed by atoms with Gasteiger partial charge in [-0.1, -0.05) is 11.6 Å². The van der Waals surface area contributed by atoms with Gasteiger partial charge in [-0.25, -0.2) is 13.2 Å². The van der Waals surface area contributed by atoms with Crippen molar-refractivity contribution in [3.63, 3.8) is 0 Å². The summed E-state index contributed by atoms with van der Waals surface area (Å²) >= 11 is 5.91. The zero-order valence-electron chi connectivity index (χ0n) is 17.6. The van der Waals surface area contributed by atoms with Gasteiger partial charge in [-0.3, -0.25) is 9.10 Å². The van der Waals surface area contributed by atoms with Crippen LogP contribution < -0.4 is 9.04 Å². The molecular formula is C22H24ClNO6S. The first kappa shape index (κ1) is 23.1. The van der Waals surface area contributed by atoms with E-state index in [4.69, 9.17) is 21.1 Å². The van der Waals surface area contributed by atoms with Crippen molar-refractivity contribution in [2.75, 3.05) is 23.2 Å². The molecule has 0 saturated heterocycles. The van der Waals surface area contributed by atoms with Crippen LogP contribution in [0.25, 0.3) is 0 Å². The number of halogens is 1. The highest BCUT2D eigenvalue weighted by atomic mass is 35.5. The molecule has 2 aromatic carbocycles. The maximum Gasteiger partial charge on any atom is 0.347 e. The average Bonchev–Trinajstić information content (AvgIpc) is 3.17. The Bertz CT molecular complexity index is 1110. The molecule has 1 heterocycles. The van der Waals surface area contributed by atoms with E-state index in [0.717, 1.165) is 11.1 Å². The lowest BCUT2D eigenvalue weighted by Gasteiger charge is -2.18. The highest BCUT2D eigenvalue weighted by Gasteiger charge is 2.28. The SMILES string of the molecule is CCS(=O)(=O)N1CCc2cc(C(=O)COC(=O)C(C)Oc3ccc(Cl)cc3C)ccc21. The van der Waals surface area contributed by atoms with E-state index < -0.39 is 28.7 Å². The second-order valence-electron chi connectivity index (χ2n) is 7.27. The van der Waals surface area contributed by atoms with Crippen molar-refractivity contribution >= 4 is 39.1 Å². The van der Waals surface area contributed by atoms with E-state index in [1.165, 1.54) is 4.31 Å². The maximum absolute atomic E-state index is 12.5. The van der Waals surface area contributed by atoms with Gasteiger partial charge in [0.05, 0.1) is 11.4 Å². The predicted molar refractivity (Wildman–Crippen MR) is 119 cm³/mol. The van der Waals surface area contributed by atoms with Crippen molar-refractivity contribution < 1.29 is 27.5 Å². The number of benzene rings is 2. The topological polar surface area (TPSA) is 90.0 Å². The van der Waals surface area contributed by atoms with Gasteiger partial charge in [0.2, 0.25) is 10.0 Å². The number of esters is 1. The molecule has 9 heteroatoms. The van der Waals surface area contributed by atoms with Gasteiger partial charge in [0.15, 0.2) is 18.5 Å². The van der Waals surface area contributed by atoms with Crippen LogP contribution in [0.15, 0.2) is 36.4 Å². The first-order chi connectivity index (χ1) is 14.6. The lowest BCUT2D eigenvalue weighted by atomic mass is 10.1. The van der Waals surface area contributed by atoms with E-state index in [0.29, 0.717) is 35.0 Å². The van der Waals surface area contributed by atoms with Gasteiger partial charge in [-0.05, 0) is 74.7 Å². The second-order valence-corrected chi connectivity index (χ2v) is 9.89. The lowest BCUT2D eigenvalue weighted by Crippen LogP contribution is -2.30. The maximum atomic E-state index is 12.5. The number of ether oxygens (including phenoxy) is 2. The van der Waals surface area contributed by atoms with Crippen molar-refractivity contribution in [3.05, 3.63) is 58.1 Å². The van der Waals surface area contributed by atoms with Crippen LogP contribution >= 0.6 is 11.6 Å². The summed E-state index contributed by atoms with van der Waals surface area (Å²) in [5.41, 5.74) is 2.52. The minimum atomic E-state index is -3.35. The van der Waals surface area contributed by atoms with Gasteiger partial charge in [0.25, 0.3) is 0 Å². The summed E-state index contributed by atoms with van der Waals surface area (Å²) in [4.78, 5) is 24.7. The van der Waals surface area contributed by atoms with E-state index in [1.807, 2.05) is 6.92 Å². The highest BCUT2D eigenvalue weighted by molar-refractivity contribution is 7.92. The molecule has 1 atom stereocenters. The number of Topliss-reactive ketones (excluding diaryl/α,β-unsaturated/α-hetero) is 1. The number of rotatable bonds is 8. The Labute approximate surface area is 187 Å². The molecule has 0 fully saturated rings. The van der Waals surface area contributed by atoms with E-state index in [-0.39, 0.29) is 11.5 Å². The molecule has 7 nitrogen and oxygen atoms in total. The number of fused-ring (bicyclic) bond motifs is 1. The predicted octanol–water partition coefficient (Wildman–Crippen LogP) is 3.55. The van der Waals surface area contributed by atoms with Gasteiger partial charge in [0.1, 0.15) is 5.75 Å². The summed E-state index contributed by atoms with van der Waals surface area (Å²) in [7, 11) is -3.35. The number of anilines is 1. The molecule has 0 bridgehead atoms. The van der Waals surface area contributed by atoms with Crippen LogP contribution in [0.5, 0.6) is 5.75 Å². The van der Waals surface area contributed by atoms with Crippen molar-refractivity contribution in [2.24, 2.45) is 0 Å². The Balaban J connectivity index is 1.60. The molecule has 1 aliphatic rings. The first-order valence-corrected chi connectivity index (χ1v) is 11.9. The minimum Gasteiger partial charge on any atom is -0.479 e. The van der Waals surface area contributed by atoms with Gasteiger partial charge in [-0.2, -0.15) is 0 Å². The molecular weight excluding hydrogens is 442 g/mol. The summed E-state index contributed by atoms with van der Waals surface area (Å²) in [5.74, 6) is -0.518. The molecule has 31 heavy (non-hydrogen) atoms. The first-order valence-electron chi connectivity index (χ1n) is 9.88. The van der Waals surface area contributed by atoms with E-state index >= 15 is 0 Å². The minimum absolute atomic E-state index is 0.0128. The Morgan fingerprint density at radius 3 is 2.61 bits per heavy atom. The van der Waals surface area contributed by atoms with Crippen LogP contribution in [0, 0.1) is 6.92 Å². The Morgan fingerprint density at radius 1 is 1.19 bits per heavy atom. The highest BCUT2D eigenvalue weighted by Crippen LogP contribution is 2.31. The third-order valence-electron chi connectivity index (χ3n) is 5.07. The van der Waals surface area contributed by atoms with Crippen LogP contribution in [0.3, 0.4) is 0 Å².